The Morgan fingerprint density at radius 1 is 1.00 bits per heavy atom. The van der Waals surface area contributed by atoms with E-state index in [9.17, 15) is 14.7 Å². The highest BCUT2D eigenvalue weighted by Gasteiger charge is 2.15. The highest BCUT2D eigenvalue weighted by atomic mass is 35.5. The number of benzene rings is 3. The van der Waals surface area contributed by atoms with E-state index in [-0.39, 0.29) is 17.2 Å². The first-order valence-corrected chi connectivity index (χ1v) is 8.78. The van der Waals surface area contributed by atoms with Gasteiger partial charge in [0.2, 0.25) is 0 Å². The molecule has 0 aliphatic carbocycles. The maximum absolute atomic E-state index is 12.6. The van der Waals surface area contributed by atoms with Gasteiger partial charge in [0, 0.05) is 21.7 Å². The normalized spacial score (nSPS) is 10.8. The van der Waals surface area contributed by atoms with E-state index >= 15 is 0 Å². The molecule has 0 saturated heterocycles. The topological polar surface area (TPSA) is 84.2 Å². The largest absolute Gasteiger partial charge is 0.507 e. The number of nitrogens with zero attached hydrogens (tertiary/aromatic N) is 2. The molecule has 28 heavy (non-hydrogen) atoms. The first-order valence-electron chi connectivity index (χ1n) is 8.40. The summed E-state index contributed by atoms with van der Waals surface area (Å²) in [6.45, 7) is 0. The van der Waals surface area contributed by atoms with E-state index in [4.69, 9.17) is 11.6 Å². The van der Waals surface area contributed by atoms with Crippen molar-refractivity contribution in [2.24, 2.45) is 0 Å². The molecule has 0 saturated carbocycles. The Morgan fingerprint density at radius 2 is 1.79 bits per heavy atom. The van der Waals surface area contributed by atoms with Crippen LogP contribution in [0.25, 0.3) is 10.9 Å². The van der Waals surface area contributed by atoms with Crippen molar-refractivity contribution >= 4 is 40.0 Å². The number of hydrogen-bond acceptors (Lipinski definition) is 4. The summed E-state index contributed by atoms with van der Waals surface area (Å²) in [5, 5.41) is 17.8. The first-order chi connectivity index (χ1) is 13.5. The molecule has 0 spiro atoms. The molecule has 138 valence electrons. The molecule has 0 bridgehead atoms. The number of hydrogen-bond donors (Lipinski definition) is 2. The fourth-order valence-corrected chi connectivity index (χ4v) is 3.04. The lowest BCUT2D eigenvalue weighted by Gasteiger charge is -2.08. The van der Waals surface area contributed by atoms with Gasteiger partial charge in [-0.15, -0.1) is 0 Å². The molecule has 0 radical (unpaired) electrons. The lowest BCUT2D eigenvalue weighted by Crippen LogP contribution is -2.13. The number of aromatic hydroxyl groups is 1. The van der Waals surface area contributed by atoms with Gasteiger partial charge in [0.1, 0.15) is 5.75 Å². The van der Waals surface area contributed by atoms with Crippen LogP contribution in [0.2, 0.25) is 5.02 Å². The maximum atomic E-state index is 12.6. The third kappa shape index (κ3) is 3.33. The summed E-state index contributed by atoms with van der Waals surface area (Å²) in [5.74, 6) is -0.896. The second kappa shape index (κ2) is 7.17. The van der Waals surface area contributed by atoms with Crippen LogP contribution in [0.4, 0.5) is 5.69 Å². The smallest absolute Gasteiger partial charge is 0.278 e. The minimum absolute atomic E-state index is 0.0718. The summed E-state index contributed by atoms with van der Waals surface area (Å²) in [6.07, 6.45) is 1.56. The number of phenolic OH excluding ortho intramolecular Hbond substituents is 1. The van der Waals surface area contributed by atoms with Gasteiger partial charge in [-0.1, -0.05) is 29.8 Å². The lowest BCUT2D eigenvalue weighted by molar-refractivity contribution is 0.0949. The third-order valence-corrected chi connectivity index (χ3v) is 4.48. The van der Waals surface area contributed by atoms with Crippen molar-refractivity contribution in [1.29, 1.82) is 0 Å². The Bertz CT molecular complexity index is 1200. The van der Waals surface area contributed by atoms with Crippen molar-refractivity contribution in [1.82, 2.24) is 9.78 Å². The number of phenols is 1. The van der Waals surface area contributed by atoms with Gasteiger partial charge < -0.3 is 10.4 Å². The summed E-state index contributed by atoms with van der Waals surface area (Å²) in [5.41, 5.74) is 1.73. The molecule has 2 N–H and O–H groups in total. The number of rotatable bonds is 3. The average Bonchev–Trinajstić information content (AvgIpc) is 3.13. The van der Waals surface area contributed by atoms with Crippen LogP contribution < -0.4 is 5.32 Å². The van der Waals surface area contributed by atoms with E-state index in [2.05, 4.69) is 10.4 Å². The SMILES string of the molecule is O=C(Nc1ccc2c(cnn2C(=O)c2ccccc2)c1)c1cc(Cl)ccc1O. The number of halogens is 1. The maximum Gasteiger partial charge on any atom is 0.278 e. The molecule has 0 aliphatic rings. The molecule has 1 aromatic heterocycles. The quantitative estimate of drug-likeness (QED) is 0.544. The summed E-state index contributed by atoms with van der Waals surface area (Å²) in [4.78, 5) is 25.0. The molecule has 1 amide bonds. The number of nitrogens with one attached hydrogen (secondary N) is 1. The zero-order valence-corrected chi connectivity index (χ0v) is 15.2. The second-order valence-corrected chi connectivity index (χ2v) is 6.55. The van der Waals surface area contributed by atoms with Gasteiger partial charge in [0.25, 0.3) is 11.8 Å². The Hall–Kier alpha value is -3.64. The number of anilines is 1. The number of carbonyl (C=O) groups excluding carboxylic acids is 2. The second-order valence-electron chi connectivity index (χ2n) is 6.12. The molecular weight excluding hydrogens is 378 g/mol. The lowest BCUT2D eigenvalue weighted by atomic mass is 10.1. The molecule has 4 aromatic rings. The van der Waals surface area contributed by atoms with E-state index in [0.29, 0.717) is 27.2 Å². The van der Waals surface area contributed by atoms with Crippen LogP contribution in [0, 0.1) is 0 Å². The molecule has 7 heteroatoms. The van der Waals surface area contributed by atoms with Crippen LogP contribution in [0.1, 0.15) is 20.7 Å². The van der Waals surface area contributed by atoms with E-state index in [0.717, 1.165) is 0 Å². The molecule has 0 fully saturated rings. The monoisotopic (exact) mass is 391 g/mol. The number of aromatic nitrogens is 2. The van der Waals surface area contributed by atoms with Crippen LogP contribution in [-0.2, 0) is 0 Å². The van der Waals surface area contributed by atoms with Crippen molar-refractivity contribution in [3.05, 3.63) is 89.1 Å². The van der Waals surface area contributed by atoms with Crippen molar-refractivity contribution in [3.8, 4) is 5.75 Å². The standard InChI is InChI=1S/C21H14ClN3O3/c22-15-6-9-19(26)17(11-15)20(27)24-16-7-8-18-14(10-16)12-23-25(18)21(28)13-4-2-1-3-5-13/h1-12,26H,(H,24,27). The molecule has 4 rings (SSSR count). The van der Waals surface area contributed by atoms with Gasteiger partial charge in [-0.2, -0.15) is 9.78 Å². The van der Waals surface area contributed by atoms with Crippen LogP contribution in [0.3, 0.4) is 0 Å². The van der Waals surface area contributed by atoms with Crippen LogP contribution in [0.5, 0.6) is 5.75 Å². The van der Waals surface area contributed by atoms with Crippen LogP contribution in [0.15, 0.2) is 72.9 Å². The molecule has 6 nitrogen and oxygen atoms in total. The summed E-state index contributed by atoms with van der Waals surface area (Å²) >= 11 is 5.89. The Morgan fingerprint density at radius 3 is 2.57 bits per heavy atom. The van der Waals surface area contributed by atoms with E-state index in [1.165, 1.54) is 22.9 Å². The summed E-state index contributed by atoms with van der Waals surface area (Å²) in [6, 6.07) is 18.2. The minimum Gasteiger partial charge on any atom is -0.507 e. The zero-order valence-electron chi connectivity index (χ0n) is 14.5. The average molecular weight is 392 g/mol. The van der Waals surface area contributed by atoms with Crippen molar-refractivity contribution in [2.75, 3.05) is 5.32 Å². The van der Waals surface area contributed by atoms with Crippen molar-refractivity contribution in [2.45, 2.75) is 0 Å². The van der Waals surface area contributed by atoms with Crippen molar-refractivity contribution < 1.29 is 14.7 Å². The van der Waals surface area contributed by atoms with Gasteiger partial charge in [-0.25, -0.2) is 0 Å². The van der Waals surface area contributed by atoms with E-state index in [1.54, 1.807) is 48.7 Å². The molecule has 0 aliphatic heterocycles. The third-order valence-electron chi connectivity index (χ3n) is 4.24. The van der Waals surface area contributed by atoms with Gasteiger partial charge in [0.15, 0.2) is 0 Å². The molecule has 0 unspecified atom stereocenters. The summed E-state index contributed by atoms with van der Waals surface area (Å²) in [7, 11) is 0. The van der Waals surface area contributed by atoms with Gasteiger partial charge >= 0.3 is 0 Å². The zero-order chi connectivity index (χ0) is 19.7. The predicted octanol–water partition coefficient (Wildman–Crippen LogP) is 4.34. The van der Waals surface area contributed by atoms with E-state index < -0.39 is 5.91 Å². The number of amides is 1. The Labute approximate surface area is 165 Å². The fraction of sp³-hybridized carbons (Fsp3) is 0. The van der Waals surface area contributed by atoms with Gasteiger partial charge in [-0.05, 0) is 48.5 Å². The minimum atomic E-state index is -0.493. The predicted molar refractivity (Wildman–Crippen MR) is 107 cm³/mol. The first kappa shape index (κ1) is 17.8. The van der Waals surface area contributed by atoms with E-state index in [1.807, 2.05) is 6.07 Å². The fourth-order valence-electron chi connectivity index (χ4n) is 2.86. The van der Waals surface area contributed by atoms with Crippen molar-refractivity contribution in [3.63, 3.8) is 0 Å². The molecule has 3 aromatic carbocycles. The number of carbonyl (C=O) groups is 2. The van der Waals surface area contributed by atoms with Crippen LogP contribution >= 0.6 is 11.6 Å². The van der Waals surface area contributed by atoms with Gasteiger partial charge in [-0.3, -0.25) is 9.59 Å². The highest BCUT2D eigenvalue weighted by molar-refractivity contribution is 6.31. The summed E-state index contributed by atoms with van der Waals surface area (Å²) < 4.78 is 1.32. The molecule has 0 atom stereocenters. The van der Waals surface area contributed by atoms with Gasteiger partial charge in [0.05, 0.1) is 17.3 Å². The Kier molecular flexibility index (Phi) is 4.55. The molecule has 1 heterocycles. The number of fused-ring (bicyclic) bond motifs is 1. The Balaban J connectivity index is 1.62. The van der Waals surface area contributed by atoms with Crippen LogP contribution in [-0.4, -0.2) is 26.7 Å². The highest BCUT2D eigenvalue weighted by Crippen LogP contribution is 2.24. The molecular formula is C21H14ClN3O3.